The normalized spacial score (nSPS) is 11.0. The average molecular weight is 780 g/mol. The maximum absolute atomic E-state index is 11.3. The first kappa shape index (κ1) is 39.1. The molecule has 0 bridgehead atoms. The van der Waals surface area contributed by atoms with Gasteiger partial charge in [0.15, 0.2) is 0 Å². The molecule has 0 saturated heterocycles. The molecule has 0 radical (unpaired) electrons. The van der Waals surface area contributed by atoms with E-state index in [1.165, 1.54) is 27.7 Å². The number of anilines is 6. The molecule has 0 unspecified atom stereocenters. The number of phenols is 1. The third-order valence-corrected chi connectivity index (χ3v) is 12.1. The zero-order chi connectivity index (χ0) is 41.9. The number of phenolic OH excluding ortho intramolecular Hbond substituents is 1. The lowest BCUT2D eigenvalue weighted by Crippen LogP contribution is -2.48. The maximum Gasteiger partial charge on any atom is 0.143 e. The Morgan fingerprint density at radius 2 is 0.492 bits per heavy atom. The standard InChI is InChI=1S/C54H44B4N2O/c55-50-49(54(61)53(58)52(57)51(50)56)42-24-34-48(35-25-42)60(46-28-18-39(19-29-46)37-12-6-2-7-13-37)47-32-22-41(23-33-47)40-20-30-45(31-21-40)59(43-14-8-3-9-15-43)44-26-16-38(17-27-44)36-10-4-1-5-11-36/h1-35,61H,55-58H2. The number of hydrogen-bond acceptors (Lipinski definition) is 3. The van der Waals surface area contributed by atoms with Crippen LogP contribution in [0.1, 0.15) is 0 Å². The van der Waals surface area contributed by atoms with Gasteiger partial charge in [-0.3, -0.25) is 0 Å². The first-order valence-electron chi connectivity index (χ1n) is 20.9. The maximum atomic E-state index is 11.3. The minimum atomic E-state index is 0.357. The molecule has 0 heterocycles. The highest BCUT2D eigenvalue weighted by atomic mass is 16.3. The molecular weight excluding hydrogens is 736 g/mol. The zero-order valence-corrected chi connectivity index (χ0v) is 35.0. The molecule has 0 aromatic heterocycles. The van der Waals surface area contributed by atoms with E-state index < -0.39 is 0 Å². The smallest absolute Gasteiger partial charge is 0.143 e. The van der Waals surface area contributed by atoms with E-state index in [-0.39, 0.29) is 0 Å². The summed E-state index contributed by atoms with van der Waals surface area (Å²) in [4.78, 5) is 4.60. The van der Waals surface area contributed by atoms with Gasteiger partial charge >= 0.3 is 0 Å². The Balaban J connectivity index is 1.03. The Labute approximate surface area is 363 Å². The van der Waals surface area contributed by atoms with Gasteiger partial charge in [0.2, 0.25) is 0 Å². The van der Waals surface area contributed by atoms with Gasteiger partial charge in [-0.15, -0.1) is 5.46 Å². The summed E-state index contributed by atoms with van der Waals surface area (Å²) in [7, 11) is 8.32. The third-order valence-electron chi connectivity index (χ3n) is 12.1. The third kappa shape index (κ3) is 7.91. The van der Waals surface area contributed by atoms with Gasteiger partial charge in [0, 0.05) is 39.7 Å². The topological polar surface area (TPSA) is 26.7 Å². The average Bonchev–Trinajstić information content (AvgIpc) is 3.33. The van der Waals surface area contributed by atoms with Crippen molar-refractivity contribution < 1.29 is 5.11 Å². The molecule has 0 saturated carbocycles. The van der Waals surface area contributed by atoms with E-state index in [9.17, 15) is 5.11 Å². The Bertz CT molecular complexity index is 2880. The van der Waals surface area contributed by atoms with Crippen molar-refractivity contribution in [3.63, 3.8) is 0 Å². The van der Waals surface area contributed by atoms with Crippen molar-refractivity contribution in [1.82, 2.24) is 0 Å². The molecule has 288 valence electrons. The van der Waals surface area contributed by atoms with Crippen LogP contribution in [0.25, 0.3) is 44.5 Å². The Morgan fingerprint density at radius 1 is 0.246 bits per heavy atom. The fourth-order valence-corrected chi connectivity index (χ4v) is 8.37. The van der Waals surface area contributed by atoms with E-state index in [4.69, 9.17) is 0 Å². The van der Waals surface area contributed by atoms with Crippen molar-refractivity contribution in [3.05, 3.63) is 212 Å². The van der Waals surface area contributed by atoms with E-state index in [0.29, 0.717) is 5.75 Å². The number of rotatable bonds is 10. The van der Waals surface area contributed by atoms with Crippen molar-refractivity contribution in [2.24, 2.45) is 0 Å². The van der Waals surface area contributed by atoms with Crippen LogP contribution in [0.15, 0.2) is 212 Å². The van der Waals surface area contributed by atoms with E-state index >= 15 is 0 Å². The number of aromatic hydroxyl groups is 1. The van der Waals surface area contributed by atoms with Gasteiger partial charge in [0.1, 0.15) is 37.1 Å². The molecule has 1 N–H and O–H groups in total. The molecule has 9 rings (SSSR count). The molecular formula is C54H44B4N2O. The van der Waals surface area contributed by atoms with Gasteiger partial charge < -0.3 is 14.9 Å². The van der Waals surface area contributed by atoms with Gasteiger partial charge in [0.25, 0.3) is 0 Å². The molecule has 0 spiro atoms. The van der Waals surface area contributed by atoms with Crippen LogP contribution in [0.3, 0.4) is 0 Å². The predicted octanol–water partition coefficient (Wildman–Crippen LogP) is 8.03. The summed E-state index contributed by atoms with van der Waals surface area (Å²) in [6.07, 6.45) is 0. The van der Waals surface area contributed by atoms with Crippen molar-refractivity contribution in [3.8, 4) is 50.3 Å². The van der Waals surface area contributed by atoms with Crippen molar-refractivity contribution in [2.75, 3.05) is 9.80 Å². The first-order valence-corrected chi connectivity index (χ1v) is 20.9. The monoisotopic (exact) mass is 780 g/mol. The molecule has 3 nitrogen and oxygen atoms in total. The lowest BCUT2D eigenvalue weighted by atomic mass is 9.64. The molecule has 0 amide bonds. The van der Waals surface area contributed by atoms with Crippen molar-refractivity contribution >= 4 is 87.4 Å². The molecule has 0 aliphatic rings. The zero-order valence-electron chi connectivity index (χ0n) is 35.0. The van der Waals surface area contributed by atoms with E-state index in [1.54, 1.807) is 0 Å². The highest BCUT2D eigenvalue weighted by Crippen LogP contribution is 2.40. The minimum Gasteiger partial charge on any atom is -0.508 e. The first-order chi connectivity index (χ1) is 29.8. The highest BCUT2D eigenvalue weighted by Gasteiger charge is 2.18. The van der Waals surface area contributed by atoms with E-state index in [0.717, 1.165) is 72.8 Å². The number of benzene rings is 9. The highest BCUT2D eigenvalue weighted by molar-refractivity contribution is 6.64. The predicted molar refractivity (Wildman–Crippen MR) is 272 cm³/mol. The van der Waals surface area contributed by atoms with Crippen LogP contribution in [-0.2, 0) is 0 Å². The summed E-state index contributed by atoms with van der Waals surface area (Å²) in [5, 5.41) is 11.3. The van der Waals surface area contributed by atoms with Gasteiger partial charge in [-0.05, 0) is 112 Å². The van der Waals surface area contributed by atoms with E-state index in [2.05, 4.69) is 240 Å². The molecule has 9 aromatic carbocycles. The fourth-order valence-electron chi connectivity index (χ4n) is 8.37. The number of hydrogen-bond donors (Lipinski definition) is 1. The van der Waals surface area contributed by atoms with Crippen LogP contribution in [0.4, 0.5) is 34.1 Å². The summed E-state index contributed by atoms with van der Waals surface area (Å²) in [6, 6.07) is 75.3. The van der Waals surface area contributed by atoms with Crippen LogP contribution in [-0.4, -0.2) is 36.5 Å². The van der Waals surface area contributed by atoms with Gasteiger partial charge in [-0.2, -0.15) is 0 Å². The molecule has 9 aromatic rings. The van der Waals surface area contributed by atoms with Crippen LogP contribution >= 0.6 is 0 Å². The number of nitrogens with zero attached hydrogens (tertiary/aromatic N) is 2. The second-order valence-corrected chi connectivity index (χ2v) is 15.7. The lowest BCUT2D eigenvalue weighted by molar-refractivity contribution is 0.482. The fraction of sp³-hybridized carbons (Fsp3) is 0. The number of para-hydroxylation sites is 1. The lowest BCUT2D eigenvalue weighted by Gasteiger charge is -2.27. The van der Waals surface area contributed by atoms with Crippen molar-refractivity contribution in [2.45, 2.75) is 0 Å². The van der Waals surface area contributed by atoms with Crippen LogP contribution in [0.2, 0.25) is 0 Å². The van der Waals surface area contributed by atoms with Gasteiger partial charge in [-0.1, -0.05) is 156 Å². The molecule has 0 fully saturated rings. The summed E-state index contributed by atoms with van der Waals surface area (Å²) in [5.74, 6) is 0.357. The Hall–Kier alpha value is -7.36. The summed E-state index contributed by atoms with van der Waals surface area (Å²) in [5.41, 5.74) is 19.8. The van der Waals surface area contributed by atoms with Crippen LogP contribution < -0.4 is 31.7 Å². The van der Waals surface area contributed by atoms with Gasteiger partial charge in [-0.25, -0.2) is 0 Å². The van der Waals surface area contributed by atoms with E-state index in [1.807, 2.05) is 13.9 Å². The summed E-state index contributed by atoms with van der Waals surface area (Å²) in [6.45, 7) is 0. The second-order valence-electron chi connectivity index (χ2n) is 15.7. The van der Waals surface area contributed by atoms with Crippen LogP contribution in [0.5, 0.6) is 5.75 Å². The second kappa shape index (κ2) is 17.1. The molecule has 7 heteroatoms. The molecule has 61 heavy (non-hydrogen) atoms. The van der Waals surface area contributed by atoms with Crippen molar-refractivity contribution in [1.29, 1.82) is 0 Å². The Morgan fingerprint density at radius 3 is 0.820 bits per heavy atom. The van der Waals surface area contributed by atoms with Crippen LogP contribution in [0, 0.1) is 0 Å². The summed E-state index contributed by atoms with van der Waals surface area (Å²) >= 11 is 0. The summed E-state index contributed by atoms with van der Waals surface area (Å²) < 4.78 is 0. The van der Waals surface area contributed by atoms with Gasteiger partial charge in [0.05, 0.1) is 0 Å². The molecule has 0 atom stereocenters. The Kier molecular flexibility index (Phi) is 11.0. The molecule has 0 aliphatic carbocycles. The minimum absolute atomic E-state index is 0.357. The SMILES string of the molecule is Bc1c(B)c(B)c(-c2ccc(N(c3ccc(-c4ccccc4)cc3)c3ccc(-c4ccc(N(c5ccccc5)c5ccc(-c6ccccc6)cc5)cc4)cc3)cc2)c(O)c1B. The quantitative estimate of drug-likeness (QED) is 0.143. The largest absolute Gasteiger partial charge is 0.508 e. The molecule has 0 aliphatic heterocycles.